The van der Waals surface area contributed by atoms with Gasteiger partial charge in [-0.2, -0.15) is 0 Å². The highest BCUT2D eigenvalue weighted by Crippen LogP contribution is 2.16. The number of aromatic hydroxyl groups is 1. The monoisotopic (exact) mass is 288 g/mol. The van der Waals surface area contributed by atoms with E-state index < -0.39 is 6.04 Å². The Morgan fingerprint density at radius 2 is 1.76 bits per heavy atom. The number of nitrogens with two attached hydrogens (primary N) is 1. The number of rotatable bonds is 4. The van der Waals surface area contributed by atoms with Crippen molar-refractivity contribution in [1.82, 2.24) is 0 Å². The molecule has 2 aromatic rings. The van der Waals surface area contributed by atoms with Crippen molar-refractivity contribution in [2.45, 2.75) is 12.5 Å². The Hall–Kier alpha value is -2.40. The van der Waals surface area contributed by atoms with Crippen LogP contribution in [0, 0.1) is 5.82 Å². The van der Waals surface area contributed by atoms with Gasteiger partial charge in [-0.1, -0.05) is 12.1 Å². The predicted octanol–water partition coefficient (Wildman–Crippen LogP) is 2.06. The number of likely N-dealkylation sites (N-methyl/N-ethyl adjacent to an activating group) is 1. The summed E-state index contributed by atoms with van der Waals surface area (Å²) in [6.45, 7) is 0. The van der Waals surface area contributed by atoms with E-state index in [1.165, 1.54) is 29.2 Å². The van der Waals surface area contributed by atoms with Crippen LogP contribution in [0.25, 0.3) is 0 Å². The lowest BCUT2D eigenvalue weighted by atomic mass is 10.1. The molecule has 4 nitrogen and oxygen atoms in total. The maximum atomic E-state index is 12.9. The molecule has 0 unspecified atom stereocenters. The van der Waals surface area contributed by atoms with Gasteiger partial charge in [0.05, 0.1) is 6.04 Å². The smallest absolute Gasteiger partial charge is 0.243 e. The molecule has 0 fully saturated rings. The molecule has 0 aromatic heterocycles. The highest BCUT2D eigenvalue weighted by molar-refractivity contribution is 5.96. The predicted molar refractivity (Wildman–Crippen MR) is 79.6 cm³/mol. The summed E-state index contributed by atoms with van der Waals surface area (Å²) in [5, 5.41) is 9.22. The highest BCUT2D eigenvalue weighted by atomic mass is 19.1. The fourth-order valence-corrected chi connectivity index (χ4v) is 2.01. The molecule has 0 saturated heterocycles. The molecule has 21 heavy (non-hydrogen) atoms. The van der Waals surface area contributed by atoms with Gasteiger partial charge in [-0.05, 0) is 48.4 Å². The number of hydrogen-bond acceptors (Lipinski definition) is 3. The summed E-state index contributed by atoms with van der Waals surface area (Å²) in [5.74, 6) is -0.440. The SMILES string of the molecule is CN(C(=O)[C@@H](N)Cc1ccc(O)cc1)c1ccc(F)cc1. The summed E-state index contributed by atoms with van der Waals surface area (Å²) in [7, 11) is 1.60. The second-order valence-corrected chi connectivity index (χ2v) is 4.85. The quantitative estimate of drug-likeness (QED) is 0.905. The lowest BCUT2D eigenvalue weighted by molar-refractivity contribution is -0.119. The Morgan fingerprint density at radius 1 is 1.19 bits per heavy atom. The van der Waals surface area contributed by atoms with Gasteiger partial charge in [0.1, 0.15) is 11.6 Å². The minimum Gasteiger partial charge on any atom is -0.508 e. The van der Waals surface area contributed by atoms with E-state index in [9.17, 15) is 14.3 Å². The number of phenolic OH excluding ortho intramolecular Hbond substituents is 1. The number of carbonyl (C=O) groups is 1. The van der Waals surface area contributed by atoms with Gasteiger partial charge < -0.3 is 15.7 Å². The van der Waals surface area contributed by atoms with Crippen molar-refractivity contribution in [2.75, 3.05) is 11.9 Å². The van der Waals surface area contributed by atoms with Crippen LogP contribution in [0.5, 0.6) is 5.75 Å². The van der Waals surface area contributed by atoms with Crippen LogP contribution < -0.4 is 10.6 Å². The van der Waals surface area contributed by atoms with Crippen LogP contribution in [0.3, 0.4) is 0 Å². The number of halogens is 1. The van der Waals surface area contributed by atoms with E-state index in [0.29, 0.717) is 12.1 Å². The number of nitrogens with zero attached hydrogens (tertiary/aromatic N) is 1. The van der Waals surface area contributed by atoms with Gasteiger partial charge in [0.15, 0.2) is 0 Å². The van der Waals surface area contributed by atoms with Gasteiger partial charge in [-0.3, -0.25) is 4.79 Å². The largest absolute Gasteiger partial charge is 0.508 e. The van der Waals surface area contributed by atoms with Gasteiger partial charge in [-0.15, -0.1) is 0 Å². The molecule has 2 aromatic carbocycles. The maximum Gasteiger partial charge on any atom is 0.243 e. The molecule has 1 amide bonds. The molecule has 0 heterocycles. The van der Waals surface area contributed by atoms with Crippen LogP contribution >= 0.6 is 0 Å². The molecule has 0 aliphatic rings. The fourth-order valence-electron chi connectivity index (χ4n) is 2.01. The lowest BCUT2D eigenvalue weighted by Gasteiger charge is -2.21. The van der Waals surface area contributed by atoms with E-state index in [4.69, 9.17) is 5.73 Å². The first-order valence-corrected chi connectivity index (χ1v) is 6.54. The Kier molecular flexibility index (Phi) is 4.55. The average Bonchev–Trinajstić information content (AvgIpc) is 2.49. The first kappa shape index (κ1) is 15.0. The van der Waals surface area contributed by atoms with Crippen molar-refractivity contribution in [2.24, 2.45) is 5.73 Å². The average molecular weight is 288 g/mol. The lowest BCUT2D eigenvalue weighted by Crippen LogP contribution is -2.43. The van der Waals surface area contributed by atoms with Crippen molar-refractivity contribution < 1.29 is 14.3 Å². The van der Waals surface area contributed by atoms with E-state index in [0.717, 1.165) is 5.56 Å². The molecular formula is C16H17FN2O2. The van der Waals surface area contributed by atoms with Crippen molar-refractivity contribution >= 4 is 11.6 Å². The molecule has 0 spiro atoms. The van der Waals surface area contributed by atoms with Crippen LogP contribution in [0.2, 0.25) is 0 Å². The van der Waals surface area contributed by atoms with Crippen LogP contribution in [-0.4, -0.2) is 24.1 Å². The summed E-state index contributed by atoms with van der Waals surface area (Å²) in [6, 6.07) is 11.5. The normalized spacial score (nSPS) is 12.0. The summed E-state index contributed by atoms with van der Waals surface area (Å²) in [5.41, 5.74) is 7.38. The summed E-state index contributed by atoms with van der Waals surface area (Å²) >= 11 is 0. The van der Waals surface area contributed by atoms with Crippen LogP contribution in [-0.2, 0) is 11.2 Å². The van der Waals surface area contributed by atoms with Gasteiger partial charge in [0.25, 0.3) is 0 Å². The minimum absolute atomic E-state index is 0.169. The fraction of sp³-hybridized carbons (Fsp3) is 0.188. The van der Waals surface area contributed by atoms with Crippen LogP contribution in [0.4, 0.5) is 10.1 Å². The number of hydrogen-bond donors (Lipinski definition) is 2. The van der Waals surface area contributed by atoms with E-state index in [1.54, 1.807) is 31.3 Å². The van der Waals surface area contributed by atoms with Crippen LogP contribution in [0.15, 0.2) is 48.5 Å². The molecule has 3 N–H and O–H groups in total. The number of phenols is 1. The Balaban J connectivity index is 2.04. The molecule has 110 valence electrons. The molecule has 0 radical (unpaired) electrons. The Morgan fingerprint density at radius 3 is 2.33 bits per heavy atom. The molecule has 0 aliphatic carbocycles. The zero-order valence-electron chi connectivity index (χ0n) is 11.7. The highest BCUT2D eigenvalue weighted by Gasteiger charge is 2.19. The number of carbonyl (C=O) groups excluding carboxylic acids is 1. The topological polar surface area (TPSA) is 66.6 Å². The second kappa shape index (κ2) is 6.37. The van der Waals surface area contributed by atoms with Gasteiger partial charge >= 0.3 is 0 Å². The van der Waals surface area contributed by atoms with E-state index in [2.05, 4.69) is 0 Å². The second-order valence-electron chi connectivity index (χ2n) is 4.85. The third-order valence-electron chi connectivity index (χ3n) is 3.25. The van der Waals surface area contributed by atoms with Crippen molar-refractivity contribution in [3.05, 3.63) is 59.9 Å². The molecule has 0 aliphatic heterocycles. The maximum absolute atomic E-state index is 12.9. The third kappa shape index (κ3) is 3.79. The minimum atomic E-state index is -0.704. The van der Waals surface area contributed by atoms with E-state index in [-0.39, 0.29) is 17.5 Å². The molecular weight excluding hydrogens is 271 g/mol. The summed E-state index contributed by atoms with van der Waals surface area (Å²) in [4.78, 5) is 13.7. The van der Waals surface area contributed by atoms with Crippen molar-refractivity contribution in [3.63, 3.8) is 0 Å². The molecule has 2 rings (SSSR count). The number of benzene rings is 2. The van der Waals surface area contributed by atoms with Gasteiger partial charge in [-0.25, -0.2) is 4.39 Å². The molecule has 0 bridgehead atoms. The van der Waals surface area contributed by atoms with Crippen LogP contribution in [0.1, 0.15) is 5.56 Å². The zero-order valence-corrected chi connectivity index (χ0v) is 11.7. The van der Waals surface area contributed by atoms with Crippen molar-refractivity contribution in [1.29, 1.82) is 0 Å². The van der Waals surface area contributed by atoms with E-state index >= 15 is 0 Å². The molecule has 1 atom stereocenters. The Bertz CT molecular complexity index is 611. The summed E-state index contributed by atoms with van der Waals surface area (Å²) < 4.78 is 12.9. The van der Waals surface area contributed by atoms with Gasteiger partial charge in [0, 0.05) is 12.7 Å². The standard InChI is InChI=1S/C16H17FN2O2/c1-19(13-6-4-12(17)5-7-13)16(21)15(18)10-11-2-8-14(20)9-3-11/h2-9,15,20H,10,18H2,1H3/t15-/m0/s1. The number of anilines is 1. The first-order valence-electron chi connectivity index (χ1n) is 6.54. The molecule has 5 heteroatoms. The van der Waals surface area contributed by atoms with Gasteiger partial charge in [0.2, 0.25) is 5.91 Å². The zero-order chi connectivity index (χ0) is 15.4. The number of amides is 1. The van der Waals surface area contributed by atoms with E-state index in [1.807, 2.05) is 0 Å². The Labute approximate surface area is 122 Å². The summed E-state index contributed by atoms with van der Waals surface area (Å²) in [6.07, 6.45) is 0.366. The van der Waals surface area contributed by atoms with Crippen molar-refractivity contribution in [3.8, 4) is 5.75 Å². The molecule has 0 saturated carbocycles. The first-order chi connectivity index (χ1) is 9.97. The third-order valence-corrected chi connectivity index (χ3v) is 3.25.